The Morgan fingerprint density at radius 2 is 2.23 bits per heavy atom. The van der Waals surface area contributed by atoms with Crippen LogP contribution in [0.4, 0.5) is 0 Å². The van der Waals surface area contributed by atoms with E-state index in [4.69, 9.17) is 4.74 Å². The largest absolute Gasteiger partial charge is 0.489 e. The highest BCUT2D eigenvalue weighted by atomic mass is 79.9. The number of ether oxygens (including phenoxy) is 1. The first kappa shape index (κ1) is 15.7. The smallest absolute Gasteiger partial charge is 0.127 e. The molecule has 5 heteroatoms. The monoisotopic (exact) mass is 378 g/mol. The maximum atomic E-state index is 5.79. The van der Waals surface area contributed by atoms with Gasteiger partial charge in [0, 0.05) is 28.0 Å². The second-order valence-corrected chi connectivity index (χ2v) is 7.65. The van der Waals surface area contributed by atoms with Gasteiger partial charge in [0.2, 0.25) is 0 Å². The molecule has 22 heavy (non-hydrogen) atoms. The summed E-state index contributed by atoms with van der Waals surface area (Å²) in [4.78, 5) is 5.85. The van der Waals surface area contributed by atoms with Crippen LogP contribution in [0.1, 0.15) is 21.1 Å². The van der Waals surface area contributed by atoms with Crippen LogP contribution in [0.3, 0.4) is 0 Å². The van der Waals surface area contributed by atoms with Crippen molar-refractivity contribution in [3.63, 3.8) is 0 Å². The molecule has 1 aliphatic heterocycles. The van der Waals surface area contributed by atoms with Crippen molar-refractivity contribution >= 4 is 33.3 Å². The number of hydrogen-bond acceptors (Lipinski definition) is 4. The first-order chi connectivity index (χ1) is 10.6. The number of aromatic nitrogens is 1. The van der Waals surface area contributed by atoms with Crippen molar-refractivity contribution in [1.82, 2.24) is 10.3 Å². The Hall–Kier alpha value is -1.17. The lowest BCUT2D eigenvalue weighted by molar-refractivity contribution is 0.343. The number of rotatable bonds is 5. The van der Waals surface area contributed by atoms with E-state index in [1.807, 2.05) is 12.1 Å². The molecule has 0 unspecified atom stereocenters. The van der Waals surface area contributed by atoms with Gasteiger partial charge in [0.1, 0.15) is 12.4 Å². The van der Waals surface area contributed by atoms with Gasteiger partial charge in [0.25, 0.3) is 0 Å². The van der Waals surface area contributed by atoms with Crippen molar-refractivity contribution in [2.75, 3.05) is 19.7 Å². The summed E-state index contributed by atoms with van der Waals surface area (Å²) in [5, 5.41) is 4.66. The van der Waals surface area contributed by atoms with Crippen LogP contribution in [-0.4, -0.2) is 24.7 Å². The molecule has 0 saturated carbocycles. The SMILES string of the molecule is Cc1nc(C)c(CCNCC2=Cc3cc(Br)ccc3OC2)s1. The van der Waals surface area contributed by atoms with Gasteiger partial charge in [-0.15, -0.1) is 11.3 Å². The number of fused-ring (bicyclic) bond motifs is 1. The second kappa shape index (κ2) is 6.94. The van der Waals surface area contributed by atoms with Gasteiger partial charge in [-0.2, -0.15) is 0 Å². The first-order valence-electron chi connectivity index (χ1n) is 7.37. The summed E-state index contributed by atoms with van der Waals surface area (Å²) in [6.45, 7) is 6.65. The molecule has 1 N–H and O–H groups in total. The Bertz CT molecular complexity index is 709. The molecule has 0 bridgehead atoms. The molecule has 1 aromatic carbocycles. The van der Waals surface area contributed by atoms with E-state index in [0.717, 1.165) is 40.3 Å². The van der Waals surface area contributed by atoms with Gasteiger partial charge in [-0.3, -0.25) is 0 Å². The van der Waals surface area contributed by atoms with Crippen LogP contribution < -0.4 is 10.1 Å². The molecule has 0 spiro atoms. The zero-order valence-corrected chi connectivity index (χ0v) is 15.2. The number of halogens is 1. The van der Waals surface area contributed by atoms with Gasteiger partial charge in [-0.25, -0.2) is 4.98 Å². The minimum absolute atomic E-state index is 0.667. The van der Waals surface area contributed by atoms with E-state index in [1.54, 1.807) is 11.3 Å². The molecule has 1 aromatic heterocycles. The molecule has 0 atom stereocenters. The summed E-state index contributed by atoms with van der Waals surface area (Å²) >= 11 is 5.30. The molecule has 0 aliphatic carbocycles. The van der Waals surface area contributed by atoms with E-state index in [2.05, 4.69) is 52.2 Å². The molecule has 2 heterocycles. The van der Waals surface area contributed by atoms with Crippen molar-refractivity contribution < 1.29 is 4.74 Å². The lowest BCUT2D eigenvalue weighted by Crippen LogP contribution is -2.23. The molecular weight excluding hydrogens is 360 g/mol. The van der Waals surface area contributed by atoms with Crippen LogP contribution in [0.2, 0.25) is 0 Å². The first-order valence-corrected chi connectivity index (χ1v) is 8.98. The van der Waals surface area contributed by atoms with Gasteiger partial charge in [-0.1, -0.05) is 15.9 Å². The third-order valence-corrected chi connectivity index (χ3v) is 5.25. The van der Waals surface area contributed by atoms with E-state index >= 15 is 0 Å². The fraction of sp³-hybridized carbons (Fsp3) is 0.353. The standard InChI is InChI=1S/C17H19BrN2OS/c1-11-17(22-12(2)20-11)5-6-19-9-13-7-14-8-15(18)3-4-16(14)21-10-13/h3-4,7-8,19H,5-6,9-10H2,1-2H3. The molecule has 116 valence electrons. The van der Waals surface area contributed by atoms with Crippen molar-refractivity contribution in [1.29, 1.82) is 0 Å². The predicted molar refractivity (Wildman–Crippen MR) is 95.8 cm³/mol. The number of aryl methyl sites for hydroxylation is 2. The lowest BCUT2D eigenvalue weighted by atomic mass is 10.1. The molecule has 1 aliphatic rings. The Morgan fingerprint density at radius 1 is 1.36 bits per heavy atom. The second-order valence-electron chi connectivity index (χ2n) is 5.44. The van der Waals surface area contributed by atoms with Gasteiger partial charge in [-0.05, 0) is 50.1 Å². The van der Waals surface area contributed by atoms with Crippen LogP contribution in [0.15, 0.2) is 28.2 Å². The van der Waals surface area contributed by atoms with E-state index in [0.29, 0.717) is 6.61 Å². The maximum Gasteiger partial charge on any atom is 0.127 e. The molecule has 2 aromatic rings. The summed E-state index contributed by atoms with van der Waals surface area (Å²) in [5.74, 6) is 0.961. The van der Waals surface area contributed by atoms with Crippen molar-refractivity contribution in [2.45, 2.75) is 20.3 Å². The van der Waals surface area contributed by atoms with E-state index in [-0.39, 0.29) is 0 Å². The van der Waals surface area contributed by atoms with Crippen molar-refractivity contribution in [3.05, 3.63) is 49.4 Å². The number of hydrogen-bond donors (Lipinski definition) is 1. The Morgan fingerprint density at radius 3 is 3.00 bits per heavy atom. The van der Waals surface area contributed by atoms with Crippen LogP contribution in [0.5, 0.6) is 5.75 Å². The van der Waals surface area contributed by atoms with Gasteiger partial charge in [0.15, 0.2) is 0 Å². The summed E-state index contributed by atoms with van der Waals surface area (Å²) in [5.41, 5.74) is 3.59. The van der Waals surface area contributed by atoms with Crippen molar-refractivity contribution in [2.24, 2.45) is 0 Å². The molecule has 0 radical (unpaired) electrons. The molecule has 0 saturated heterocycles. The van der Waals surface area contributed by atoms with E-state index in [9.17, 15) is 0 Å². The third-order valence-electron chi connectivity index (χ3n) is 3.63. The molecule has 0 amide bonds. The minimum atomic E-state index is 0.667. The predicted octanol–water partition coefficient (Wildman–Crippen LogP) is 4.13. The average Bonchev–Trinajstić information content (AvgIpc) is 2.81. The lowest BCUT2D eigenvalue weighted by Gasteiger charge is -2.18. The molecule has 3 nitrogen and oxygen atoms in total. The third kappa shape index (κ3) is 3.77. The number of nitrogens with one attached hydrogen (secondary N) is 1. The average molecular weight is 379 g/mol. The number of thiazole rings is 1. The Kier molecular flexibility index (Phi) is 4.96. The Labute approximate surface area is 143 Å². The maximum absolute atomic E-state index is 5.79. The fourth-order valence-corrected chi connectivity index (χ4v) is 3.87. The summed E-state index contributed by atoms with van der Waals surface area (Å²) in [6.07, 6.45) is 3.26. The van der Waals surface area contributed by atoms with Gasteiger partial charge in [0.05, 0.1) is 10.7 Å². The highest BCUT2D eigenvalue weighted by Gasteiger charge is 2.11. The fourth-order valence-electron chi connectivity index (χ4n) is 2.55. The zero-order chi connectivity index (χ0) is 15.5. The van der Waals surface area contributed by atoms with Crippen LogP contribution >= 0.6 is 27.3 Å². The summed E-state index contributed by atoms with van der Waals surface area (Å²) < 4.78 is 6.87. The summed E-state index contributed by atoms with van der Waals surface area (Å²) in [7, 11) is 0. The van der Waals surface area contributed by atoms with Gasteiger partial charge >= 0.3 is 0 Å². The van der Waals surface area contributed by atoms with Crippen molar-refractivity contribution in [3.8, 4) is 5.75 Å². The minimum Gasteiger partial charge on any atom is -0.489 e. The van der Waals surface area contributed by atoms with Crippen LogP contribution in [-0.2, 0) is 6.42 Å². The van der Waals surface area contributed by atoms with Gasteiger partial charge < -0.3 is 10.1 Å². The zero-order valence-electron chi connectivity index (χ0n) is 12.8. The van der Waals surface area contributed by atoms with Crippen LogP contribution in [0, 0.1) is 13.8 Å². The van der Waals surface area contributed by atoms with E-state index < -0.39 is 0 Å². The highest BCUT2D eigenvalue weighted by Crippen LogP contribution is 2.28. The van der Waals surface area contributed by atoms with Crippen LogP contribution in [0.25, 0.3) is 6.08 Å². The summed E-state index contributed by atoms with van der Waals surface area (Å²) in [6, 6.07) is 6.11. The number of nitrogens with zero attached hydrogens (tertiary/aromatic N) is 1. The Balaban J connectivity index is 1.53. The highest BCUT2D eigenvalue weighted by molar-refractivity contribution is 9.10. The quantitative estimate of drug-likeness (QED) is 0.794. The van der Waals surface area contributed by atoms with E-state index in [1.165, 1.54) is 16.1 Å². The molecular formula is C17H19BrN2OS. The molecule has 3 rings (SSSR count). The number of benzene rings is 1. The normalized spacial score (nSPS) is 13.5. The topological polar surface area (TPSA) is 34.2 Å². The molecule has 0 fully saturated rings.